The first kappa shape index (κ1) is 37.5. The van der Waals surface area contributed by atoms with E-state index in [0.29, 0.717) is 0 Å². The van der Waals surface area contributed by atoms with Crippen molar-refractivity contribution < 1.29 is 0 Å². The maximum absolute atomic E-state index is 5.65. The number of hydrogen-bond donors (Lipinski definition) is 2. The summed E-state index contributed by atoms with van der Waals surface area (Å²) in [6.45, 7) is 1.62. The van der Waals surface area contributed by atoms with Crippen LogP contribution in [0.2, 0.25) is 0 Å². The van der Waals surface area contributed by atoms with E-state index >= 15 is 0 Å². The van der Waals surface area contributed by atoms with E-state index in [1.54, 1.807) is 0 Å². The molecule has 6 heterocycles. The van der Waals surface area contributed by atoms with E-state index in [2.05, 4.69) is 185 Å². The fourth-order valence-corrected chi connectivity index (χ4v) is 10.8. The molecule has 11 aromatic rings. The van der Waals surface area contributed by atoms with Gasteiger partial charge in [0.05, 0.1) is 34.3 Å². The molecule has 310 valence electrons. The molecule has 0 aliphatic carbocycles. The van der Waals surface area contributed by atoms with Crippen LogP contribution >= 0.6 is 0 Å². The van der Waals surface area contributed by atoms with Crippen LogP contribution in [0.15, 0.2) is 182 Å². The molecule has 2 aliphatic heterocycles. The lowest BCUT2D eigenvalue weighted by molar-refractivity contribution is 0.555. The Morgan fingerprint density at radius 2 is 1.32 bits per heavy atom. The molecule has 0 saturated carbocycles. The lowest BCUT2D eigenvalue weighted by Crippen LogP contribution is -2.32. The van der Waals surface area contributed by atoms with Gasteiger partial charge in [-0.25, -0.2) is 4.98 Å². The molecule has 0 bridgehead atoms. The number of H-pyrrole nitrogens is 1. The molecule has 0 spiro atoms. The number of rotatable bonds is 6. The number of fused-ring (bicyclic) bond motifs is 6. The van der Waals surface area contributed by atoms with Crippen LogP contribution in [0.5, 0.6) is 0 Å². The quantitative estimate of drug-likeness (QED) is 0.174. The van der Waals surface area contributed by atoms with E-state index < -0.39 is 0 Å². The van der Waals surface area contributed by atoms with E-state index in [1.807, 2.05) is 12.4 Å². The number of anilines is 2. The molecule has 13 rings (SSSR count). The molecule has 1 unspecified atom stereocenters. The molecule has 0 amide bonds. The maximum Gasteiger partial charge on any atom is 0.122 e. The summed E-state index contributed by atoms with van der Waals surface area (Å²) in [6, 6.07) is 60.8. The number of aromatic nitrogens is 5. The van der Waals surface area contributed by atoms with E-state index in [4.69, 9.17) is 20.2 Å². The van der Waals surface area contributed by atoms with Gasteiger partial charge in [0.15, 0.2) is 0 Å². The molecule has 7 heteroatoms. The smallest absolute Gasteiger partial charge is 0.122 e. The third kappa shape index (κ3) is 6.07. The van der Waals surface area contributed by atoms with Gasteiger partial charge in [0, 0.05) is 75.1 Å². The predicted octanol–water partition coefficient (Wildman–Crippen LogP) is 13.2. The molecule has 0 radical (unpaired) electrons. The van der Waals surface area contributed by atoms with Crippen LogP contribution in [0.1, 0.15) is 34.8 Å². The Morgan fingerprint density at radius 1 is 0.554 bits per heavy atom. The Balaban J connectivity index is 1.33. The monoisotopic (exact) mass is 837 g/mol. The van der Waals surface area contributed by atoms with Gasteiger partial charge in [0.25, 0.3) is 0 Å². The average molecular weight is 838 g/mol. The second-order valence-corrected chi connectivity index (χ2v) is 17.3. The first-order chi connectivity index (χ1) is 32.3. The highest BCUT2D eigenvalue weighted by molar-refractivity contribution is 6.24. The van der Waals surface area contributed by atoms with Gasteiger partial charge in [-0.3, -0.25) is 4.98 Å². The maximum atomic E-state index is 5.65. The standard InChI is InChI=1S/C58H43N7/c1-6-21-41-36(14-1)19-11-24-44(41)49-50(46-26-12-32-59-46)52-53(58(65-35-13-20-40-18-5-10-27-48(40)65)51(49)47-29-28-39-17-4-9-25-45(39)62-47)57(55-43-23-8-3-16-38(43)31-34-61-55)64-63-56(52)54-42-22-7-2-15-37(42)30-33-60-54/h1-12,14-19,21-29,31-32,34,54,59-60H,13,20,30,33,35H2. The van der Waals surface area contributed by atoms with Crippen LogP contribution in [-0.2, 0) is 12.8 Å². The first-order valence-electron chi connectivity index (χ1n) is 22.7. The highest BCUT2D eigenvalue weighted by Crippen LogP contribution is 2.56. The zero-order chi connectivity index (χ0) is 42.8. The van der Waals surface area contributed by atoms with Gasteiger partial charge in [-0.1, -0.05) is 133 Å². The molecule has 7 aromatic carbocycles. The minimum atomic E-state index is -0.232. The number of pyridine rings is 2. The topological polar surface area (TPSA) is 82.6 Å². The van der Waals surface area contributed by atoms with Crippen molar-refractivity contribution in [3.63, 3.8) is 0 Å². The van der Waals surface area contributed by atoms with Gasteiger partial charge in [0.2, 0.25) is 0 Å². The number of nitrogens with zero attached hydrogens (tertiary/aromatic N) is 5. The summed E-state index contributed by atoms with van der Waals surface area (Å²) >= 11 is 0. The SMILES string of the molecule is c1c[nH]c(-c2c(-c3cccc4ccccc34)c(-c3ccc4ccccc4n3)c(N3CCCc4ccccc43)c3c(-c4nccc5ccccc45)nnc(C4NCCc5ccccc54)c23)c1. The Morgan fingerprint density at radius 3 is 2.22 bits per heavy atom. The fraction of sp³-hybridized carbons (Fsp3) is 0.103. The molecule has 0 saturated heterocycles. The Bertz CT molecular complexity index is 3640. The molecule has 2 aliphatic rings. The summed E-state index contributed by atoms with van der Waals surface area (Å²) in [5.74, 6) is 0. The summed E-state index contributed by atoms with van der Waals surface area (Å²) in [5, 5.41) is 22.4. The van der Waals surface area contributed by atoms with Crippen LogP contribution in [0, 0.1) is 0 Å². The van der Waals surface area contributed by atoms with E-state index in [-0.39, 0.29) is 6.04 Å². The molecule has 0 fully saturated rings. The van der Waals surface area contributed by atoms with Crippen molar-refractivity contribution in [2.24, 2.45) is 0 Å². The summed E-state index contributed by atoms with van der Waals surface area (Å²) in [4.78, 5) is 17.2. The number of hydrogen-bond acceptors (Lipinski definition) is 6. The first-order valence-corrected chi connectivity index (χ1v) is 22.7. The third-order valence-corrected chi connectivity index (χ3v) is 13.7. The van der Waals surface area contributed by atoms with Crippen molar-refractivity contribution in [3.05, 3.63) is 205 Å². The zero-order valence-corrected chi connectivity index (χ0v) is 35.7. The Hall–Kier alpha value is -8.00. The van der Waals surface area contributed by atoms with E-state index in [9.17, 15) is 0 Å². The molecule has 4 aromatic heterocycles. The molecule has 1 atom stereocenters. The van der Waals surface area contributed by atoms with Crippen molar-refractivity contribution >= 4 is 54.6 Å². The Labute approximate surface area is 376 Å². The van der Waals surface area contributed by atoms with Gasteiger partial charge in [0.1, 0.15) is 5.69 Å². The summed E-state index contributed by atoms with van der Waals surface area (Å²) in [6.07, 6.45) is 6.86. The zero-order valence-electron chi connectivity index (χ0n) is 35.7. The number of nitrogens with one attached hydrogen (secondary N) is 2. The van der Waals surface area contributed by atoms with Crippen LogP contribution < -0.4 is 10.2 Å². The summed E-state index contributed by atoms with van der Waals surface area (Å²) in [5.41, 5.74) is 15.6. The summed E-state index contributed by atoms with van der Waals surface area (Å²) in [7, 11) is 0. The average Bonchev–Trinajstić information content (AvgIpc) is 3.92. The molecular weight excluding hydrogens is 795 g/mol. The van der Waals surface area contributed by atoms with Crippen molar-refractivity contribution in [3.8, 4) is 45.0 Å². The molecule has 2 N–H and O–H groups in total. The number of para-hydroxylation sites is 2. The van der Waals surface area contributed by atoms with Gasteiger partial charge in [-0.2, -0.15) is 5.10 Å². The minimum absolute atomic E-state index is 0.232. The number of benzene rings is 7. The van der Waals surface area contributed by atoms with Gasteiger partial charge in [-0.15, -0.1) is 5.10 Å². The third-order valence-electron chi connectivity index (χ3n) is 13.7. The fourth-order valence-electron chi connectivity index (χ4n) is 10.8. The normalized spacial score (nSPS) is 14.8. The molecule has 7 nitrogen and oxygen atoms in total. The lowest BCUT2D eigenvalue weighted by atomic mass is 9.80. The van der Waals surface area contributed by atoms with Crippen LogP contribution in [0.3, 0.4) is 0 Å². The van der Waals surface area contributed by atoms with Crippen molar-refractivity contribution in [1.82, 2.24) is 30.5 Å². The minimum Gasteiger partial charge on any atom is -0.361 e. The highest BCUT2D eigenvalue weighted by Gasteiger charge is 2.36. The lowest BCUT2D eigenvalue weighted by Gasteiger charge is -2.36. The second kappa shape index (κ2) is 15.4. The molecular formula is C58H43N7. The number of aromatic amines is 1. The van der Waals surface area contributed by atoms with Crippen molar-refractivity contribution in [2.75, 3.05) is 18.0 Å². The van der Waals surface area contributed by atoms with Crippen LogP contribution in [0.4, 0.5) is 11.4 Å². The van der Waals surface area contributed by atoms with Gasteiger partial charge < -0.3 is 15.2 Å². The largest absolute Gasteiger partial charge is 0.361 e. The van der Waals surface area contributed by atoms with Crippen molar-refractivity contribution in [2.45, 2.75) is 25.3 Å². The summed E-state index contributed by atoms with van der Waals surface area (Å²) < 4.78 is 0. The van der Waals surface area contributed by atoms with Gasteiger partial charge >= 0.3 is 0 Å². The van der Waals surface area contributed by atoms with Crippen LogP contribution in [-0.4, -0.2) is 38.2 Å². The Kier molecular flexibility index (Phi) is 8.88. The van der Waals surface area contributed by atoms with Crippen molar-refractivity contribution in [1.29, 1.82) is 0 Å². The molecule has 65 heavy (non-hydrogen) atoms. The van der Waals surface area contributed by atoms with E-state index in [1.165, 1.54) is 27.8 Å². The predicted molar refractivity (Wildman–Crippen MR) is 266 cm³/mol. The van der Waals surface area contributed by atoms with Gasteiger partial charge in [-0.05, 0) is 94.1 Å². The van der Waals surface area contributed by atoms with E-state index in [0.717, 1.165) is 127 Å². The van der Waals surface area contributed by atoms with Crippen LogP contribution in [0.25, 0.3) is 88.2 Å². The second-order valence-electron chi connectivity index (χ2n) is 17.3. The highest BCUT2D eigenvalue weighted by atomic mass is 15.2. The number of aryl methyl sites for hydroxylation is 1.